The topological polar surface area (TPSA) is 107 Å². The van der Waals surface area contributed by atoms with Crippen molar-refractivity contribution >= 4 is 16.0 Å². The molecule has 0 saturated carbocycles. The molecule has 0 saturated heterocycles. The van der Waals surface area contributed by atoms with E-state index in [1.165, 1.54) is 0 Å². The molecule has 6 nitrogen and oxygen atoms in total. The summed E-state index contributed by atoms with van der Waals surface area (Å²) in [5, 5.41) is 17.3. The van der Waals surface area contributed by atoms with Crippen LogP contribution in [0.5, 0.6) is 0 Å². The molecular formula is C12H13FN2O4S. The lowest BCUT2D eigenvalue weighted by atomic mass is 10.2. The average Bonchev–Trinajstić information content (AvgIpc) is 2.37. The largest absolute Gasteiger partial charge is 0.478 e. The first kappa shape index (κ1) is 16.1. The smallest absolute Gasteiger partial charge is 0.338 e. The van der Waals surface area contributed by atoms with Gasteiger partial charge >= 0.3 is 5.97 Å². The first-order valence-corrected chi connectivity index (χ1v) is 7.22. The molecule has 0 bridgehead atoms. The number of rotatable bonds is 6. The average molecular weight is 300 g/mol. The second kappa shape index (κ2) is 6.45. The maximum absolute atomic E-state index is 13.2. The van der Waals surface area contributed by atoms with Gasteiger partial charge < -0.3 is 5.11 Å². The highest BCUT2D eigenvalue weighted by atomic mass is 32.2. The van der Waals surface area contributed by atoms with Crippen LogP contribution in [0.4, 0.5) is 4.39 Å². The molecule has 0 heterocycles. The number of nitrogens with zero attached hydrogens (tertiary/aromatic N) is 1. The van der Waals surface area contributed by atoms with Crippen LogP contribution < -0.4 is 4.72 Å². The Balaban J connectivity index is 3.13. The van der Waals surface area contributed by atoms with Crippen molar-refractivity contribution in [3.63, 3.8) is 0 Å². The van der Waals surface area contributed by atoms with E-state index < -0.39 is 33.4 Å². The lowest BCUT2D eigenvalue weighted by Gasteiger charge is -2.14. The van der Waals surface area contributed by atoms with E-state index >= 15 is 0 Å². The van der Waals surface area contributed by atoms with Crippen molar-refractivity contribution in [3.8, 4) is 6.07 Å². The summed E-state index contributed by atoms with van der Waals surface area (Å²) in [5.41, 5.74) is -0.721. The van der Waals surface area contributed by atoms with Gasteiger partial charge in [-0.1, -0.05) is 6.92 Å². The molecule has 0 fully saturated rings. The maximum Gasteiger partial charge on any atom is 0.338 e. The number of benzene rings is 1. The van der Waals surface area contributed by atoms with Gasteiger partial charge in [0.05, 0.1) is 22.9 Å². The lowest BCUT2D eigenvalue weighted by Crippen LogP contribution is -2.34. The fourth-order valence-corrected chi connectivity index (χ4v) is 2.85. The van der Waals surface area contributed by atoms with E-state index in [2.05, 4.69) is 4.72 Å². The number of carboxylic acid groups (broad SMARTS) is 1. The van der Waals surface area contributed by atoms with Gasteiger partial charge in [-0.15, -0.1) is 0 Å². The Labute approximate surface area is 115 Å². The van der Waals surface area contributed by atoms with Gasteiger partial charge in [0.2, 0.25) is 10.0 Å². The molecule has 20 heavy (non-hydrogen) atoms. The van der Waals surface area contributed by atoms with Crippen molar-refractivity contribution in [3.05, 3.63) is 29.6 Å². The number of carboxylic acids is 1. The van der Waals surface area contributed by atoms with Crippen molar-refractivity contribution in [2.45, 2.75) is 30.7 Å². The Bertz CT molecular complexity index is 652. The first-order valence-electron chi connectivity index (χ1n) is 5.74. The van der Waals surface area contributed by atoms with Crippen LogP contribution in [-0.2, 0) is 10.0 Å². The van der Waals surface area contributed by atoms with Crippen molar-refractivity contribution in [2.24, 2.45) is 0 Å². The van der Waals surface area contributed by atoms with Crippen LogP contribution in [-0.4, -0.2) is 25.5 Å². The third-order valence-electron chi connectivity index (χ3n) is 2.63. The zero-order valence-corrected chi connectivity index (χ0v) is 11.4. The van der Waals surface area contributed by atoms with Crippen LogP contribution in [0, 0.1) is 17.1 Å². The number of hydrogen-bond acceptors (Lipinski definition) is 4. The van der Waals surface area contributed by atoms with Crippen molar-refractivity contribution in [1.29, 1.82) is 5.26 Å². The van der Waals surface area contributed by atoms with E-state index in [9.17, 15) is 17.6 Å². The molecule has 0 radical (unpaired) electrons. The van der Waals surface area contributed by atoms with Crippen LogP contribution in [0.3, 0.4) is 0 Å². The summed E-state index contributed by atoms with van der Waals surface area (Å²) in [6.07, 6.45) is 0.391. The number of aromatic carboxylic acids is 1. The zero-order valence-electron chi connectivity index (χ0n) is 10.6. The highest BCUT2D eigenvalue weighted by Crippen LogP contribution is 2.16. The number of sulfonamides is 1. The van der Waals surface area contributed by atoms with Crippen LogP contribution >= 0.6 is 0 Å². The second-order valence-corrected chi connectivity index (χ2v) is 5.75. The monoisotopic (exact) mass is 300 g/mol. The van der Waals surface area contributed by atoms with E-state index in [0.717, 1.165) is 18.2 Å². The van der Waals surface area contributed by atoms with E-state index in [4.69, 9.17) is 10.4 Å². The molecule has 0 aromatic heterocycles. The van der Waals surface area contributed by atoms with Gasteiger partial charge in [-0.3, -0.25) is 0 Å². The Morgan fingerprint density at radius 3 is 2.70 bits per heavy atom. The third-order valence-corrected chi connectivity index (χ3v) is 4.15. The zero-order chi connectivity index (χ0) is 15.3. The first-order chi connectivity index (χ1) is 9.31. The van der Waals surface area contributed by atoms with Gasteiger partial charge in [-0.2, -0.15) is 5.26 Å². The Kier molecular flexibility index (Phi) is 5.19. The Morgan fingerprint density at radius 2 is 2.20 bits per heavy atom. The fourth-order valence-electron chi connectivity index (χ4n) is 1.50. The second-order valence-electron chi connectivity index (χ2n) is 4.04. The summed E-state index contributed by atoms with van der Waals surface area (Å²) in [6.45, 7) is 1.71. The van der Waals surface area contributed by atoms with Gasteiger partial charge in [0, 0.05) is 6.04 Å². The van der Waals surface area contributed by atoms with Crippen molar-refractivity contribution < 1.29 is 22.7 Å². The molecule has 1 aromatic carbocycles. The highest BCUT2D eigenvalue weighted by molar-refractivity contribution is 7.89. The van der Waals surface area contributed by atoms with E-state index in [1.54, 1.807) is 6.92 Å². The minimum Gasteiger partial charge on any atom is -0.478 e. The van der Waals surface area contributed by atoms with Gasteiger partial charge in [-0.25, -0.2) is 22.3 Å². The standard InChI is InChI=1S/C12H13FN2O4S/c1-2-8(5-6-14)15-20(18,19)9-3-4-11(13)10(7-9)12(16)17/h3-4,7-8,15H,2,5H2,1H3,(H,16,17). The number of nitriles is 1. The van der Waals surface area contributed by atoms with Crippen LogP contribution in [0.2, 0.25) is 0 Å². The van der Waals surface area contributed by atoms with Gasteiger partial charge in [0.1, 0.15) is 5.82 Å². The maximum atomic E-state index is 13.2. The molecule has 1 unspecified atom stereocenters. The summed E-state index contributed by atoms with van der Waals surface area (Å²) >= 11 is 0. The summed E-state index contributed by atoms with van der Waals surface area (Å²) in [5.74, 6) is -2.57. The third kappa shape index (κ3) is 3.76. The Hall–Kier alpha value is -1.98. The molecule has 0 aliphatic heterocycles. The summed E-state index contributed by atoms with van der Waals surface area (Å²) < 4.78 is 39.6. The van der Waals surface area contributed by atoms with Crippen molar-refractivity contribution in [1.82, 2.24) is 4.72 Å². The number of carbonyl (C=O) groups is 1. The van der Waals surface area contributed by atoms with Crippen molar-refractivity contribution in [2.75, 3.05) is 0 Å². The number of halogens is 1. The fraction of sp³-hybridized carbons (Fsp3) is 0.333. The minimum absolute atomic E-state index is 0.0112. The van der Waals surface area contributed by atoms with Crippen LogP contribution in [0.1, 0.15) is 30.1 Å². The molecule has 0 spiro atoms. The van der Waals surface area contributed by atoms with E-state index in [1.807, 2.05) is 6.07 Å². The van der Waals surface area contributed by atoms with E-state index in [-0.39, 0.29) is 11.3 Å². The van der Waals surface area contributed by atoms with Gasteiger partial charge in [0.15, 0.2) is 0 Å². The lowest BCUT2D eigenvalue weighted by molar-refractivity contribution is 0.0691. The summed E-state index contributed by atoms with van der Waals surface area (Å²) in [6, 6.07) is 3.78. The highest BCUT2D eigenvalue weighted by Gasteiger charge is 2.21. The quantitative estimate of drug-likeness (QED) is 0.827. The summed E-state index contributed by atoms with van der Waals surface area (Å²) in [7, 11) is -4.00. The Morgan fingerprint density at radius 1 is 1.55 bits per heavy atom. The van der Waals surface area contributed by atoms with Crippen LogP contribution in [0.15, 0.2) is 23.1 Å². The predicted octanol–water partition coefficient (Wildman–Crippen LogP) is 1.49. The number of hydrogen-bond donors (Lipinski definition) is 2. The van der Waals surface area contributed by atoms with E-state index in [0.29, 0.717) is 6.42 Å². The molecule has 0 aliphatic rings. The normalized spacial score (nSPS) is 12.7. The molecular weight excluding hydrogens is 287 g/mol. The molecule has 1 rings (SSSR count). The van der Waals surface area contributed by atoms with Crippen LogP contribution in [0.25, 0.3) is 0 Å². The number of nitrogens with one attached hydrogen (secondary N) is 1. The summed E-state index contributed by atoms with van der Waals surface area (Å²) in [4.78, 5) is 10.4. The molecule has 8 heteroatoms. The van der Waals surface area contributed by atoms with Gasteiger partial charge in [-0.05, 0) is 24.6 Å². The molecule has 0 amide bonds. The SMILES string of the molecule is CCC(CC#N)NS(=O)(=O)c1ccc(F)c(C(=O)O)c1. The molecule has 0 aliphatic carbocycles. The molecule has 108 valence electrons. The van der Waals surface area contributed by atoms with Gasteiger partial charge in [0.25, 0.3) is 0 Å². The predicted molar refractivity (Wildman–Crippen MR) is 68.0 cm³/mol. The molecule has 1 aromatic rings. The molecule has 2 N–H and O–H groups in total. The minimum atomic E-state index is -4.00. The molecule has 1 atom stereocenters.